The average Bonchev–Trinajstić information content (AvgIpc) is 3.31. The molecule has 0 spiro atoms. The number of hydrogen-bond donors (Lipinski definition) is 3. The van der Waals surface area contributed by atoms with Crippen molar-refractivity contribution < 1.29 is 18.7 Å². The molecule has 9 nitrogen and oxygen atoms in total. The highest BCUT2D eigenvalue weighted by molar-refractivity contribution is 6.03. The third kappa shape index (κ3) is 5.08. The molecule has 0 saturated heterocycles. The van der Waals surface area contributed by atoms with Crippen molar-refractivity contribution in [2.75, 3.05) is 13.7 Å². The van der Waals surface area contributed by atoms with Crippen molar-refractivity contribution in [1.82, 2.24) is 20.8 Å². The number of aromatic nitrogens is 2. The first-order valence-electron chi connectivity index (χ1n) is 11.5. The fraction of sp³-hybridized carbons (Fsp3) is 0.148. The Balaban J connectivity index is 1.37. The summed E-state index contributed by atoms with van der Waals surface area (Å²) in [7, 11) is 1.23. The van der Waals surface area contributed by atoms with Gasteiger partial charge in [0.2, 0.25) is 0 Å². The molecule has 0 unspecified atom stereocenters. The third-order valence-corrected chi connectivity index (χ3v) is 6.07. The topological polar surface area (TPSA) is 126 Å². The van der Waals surface area contributed by atoms with Crippen molar-refractivity contribution >= 4 is 34.3 Å². The molecule has 10 heteroatoms. The fourth-order valence-electron chi connectivity index (χ4n) is 4.23. The Bertz CT molecular complexity index is 1630. The van der Waals surface area contributed by atoms with Crippen LogP contribution in [0.3, 0.4) is 0 Å². The van der Waals surface area contributed by atoms with Crippen molar-refractivity contribution in [3.63, 3.8) is 0 Å². The number of aliphatic imine (C=N–C) groups is 1. The zero-order valence-corrected chi connectivity index (χ0v) is 19.8. The van der Waals surface area contributed by atoms with E-state index >= 15 is 0 Å². The smallest absolute Gasteiger partial charge is 0.325 e. The van der Waals surface area contributed by atoms with E-state index in [1.807, 2.05) is 24.3 Å². The molecule has 0 fully saturated rings. The van der Waals surface area contributed by atoms with Gasteiger partial charge < -0.3 is 10.1 Å². The molecular formula is C27H22FN5O4. The number of hydrogen-bond acceptors (Lipinski definition) is 6. The quantitative estimate of drug-likeness (QED) is 0.363. The van der Waals surface area contributed by atoms with Crippen molar-refractivity contribution in [2.45, 2.75) is 12.8 Å². The highest BCUT2D eigenvalue weighted by atomic mass is 19.1. The molecule has 4 aromatic rings. The number of urea groups is 1. The minimum atomic E-state index is -0.570. The molecule has 0 bridgehead atoms. The van der Waals surface area contributed by atoms with E-state index in [4.69, 9.17) is 0 Å². The second-order valence-corrected chi connectivity index (χ2v) is 8.50. The van der Waals surface area contributed by atoms with Crippen LogP contribution in [0, 0.1) is 5.82 Å². The Morgan fingerprint density at radius 3 is 2.70 bits per heavy atom. The number of amidine groups is 1. The molecule has 1 aliphatic rings. The maximum atomic E-state index is 14.9. The molecule has 0 saturated carbocycles. The van der Waals surface area contributed by atoms with Crippen LogP contribution in [0.1, 0.15) is 16.8 Å². The number of fused-ring (bicyclic) bond motifs is 2. The van der Waals surface area contributed by atoms with Crippen LogP contribution in [-0.2, 0) is 22.4 Å². The number of carbonyl (C=O) groups is 2. The van der Waals surface area contributed by atoms with E-state index in [0.717, 1.165) is 16.5 Å². The van der Waals surface area contributed by atoms with Gasteiger partial charge in [0.05, 0.1) is 23.9 Å². The largest absolute Gasteiger partial charge is 0.468 e. The van der Waals surface area contributed by atoms with Gasteiger partial charge in [-0.3, -0.25) is 14.9 Å². The van der Waals surface area contributed by atoms with Gasteiger partial charge in [-0.2, -0.15) is 5.10 Å². The van der Waals surface area contributed by atoms with Crippen molar-refractivity contribution in [3.8, 4) is 11.1 Å². The summed E-state index contributed by atoms with van der Waals surface area (Å²) in [4.78, 5) is 39.7. The van der Waals surface area contributed by atoms with Crippen molar-refractivity contribution in [1.29, 1.82) is 0 Å². The number of amides is 2. The van der Waals surface area contributed by atoms with Crippen LogP contribution in [0.15, 0.2) is 70.5 Å². The van der Waals surface area contributed by atoms with Gasteiger partial charge in [-0.15, -0.1) is 0 Å². The van der Waals surface area contributed by atoms with Crippen LogP contribution in [0.25, 0.3) is 21.9 Å². The van der Waals surface area contributed by atoms with Crippen LogP contribution in [0.5, 0.6) is 0 Å². The van der Waals surface area contributed by atoms with E-state index < -0.39 is 12.0 Å². The summed E-state index contributed by atoms with van der Waals surface area (Å²) in [6.07, 6.45) is 0.803. The van der Waals surface area contributed by atoms with Crippen molar-refractivity contribution in [3.05, 3.63) is 93.7 Å². The Morgan fingerprint density at radius 1 is 1.08 bits per heavy atom. The van der Waals surface area contributed by atoms with E-state index in [-0.39, 0.29) is 17.9 Å². The van der Waals surface area contributed by atoms with Crippen LogP contribution in [-0.4, -0.2) is 41.7 Å². The zero-order valence-electron chi connectivity index (χ0n) is 19.8. The SMILES string of the molecule is COC(=O)CNC(=O)NC1=Nc2cc(-c3cc(Cc4n[nH]c(=O)c5ccccc45)ccc3F)ccc2C1. The standard InChI is InChI=1S/C27H22FN5O4/c1-37-25(34)14-29-27(36)31-24-13-17-8-7-16(12-22(17)30-24)20-10-15(6-9-21(20)28)11-23-18-4-2-3-5-19(18)26(35)33-32-23/h2-10,12H,11,13-14H2,1H3,(H,33,35)(H2,29,30,31,36). The highest BCUT2D eigenvalue weighted by Gasteiger charge is 2.19. The first-order valence-corrected chi connectivity index (χ1v) is 11.5. The van der Waals surface area contributed by atoms with Gasteiger partial charge in [0.15, 0.2) is 0 Å². The molecule has 2 heterocycles. The summed E-state index contributed by atoms with van der Waals surface area (Å²) >= 11 is 0. The first-order chi connectivity index (χ1) is 17.9. The summed E-state index contributed by atoms with van der Waals surface area (Å²) in [5, 5.41) is 13.1. The number of halogens is 1. The number of rotatable bonds is 5. The van der Waals surface area contributed by atoms with Crippen LogP contribution >= 0.6 is 0 Å². The Hall–Kier alpha value is -4.86. The molecule has 37 heavy (non-hydrogen) atoms. The third-order valence-electron chi connectivity index (χ3n) is 6.07. The predicted molar refractivity (Wildman–Crippen MR) is 136 cm³/mol. The Labute approximate surface area is 210 Å². The average molecular weight is 500 g/mol. The molecule has 3 N–H and O–H groups in total. The number of aromatic amines is 1. The molecular weight excluding hydrogens is 477 g/mol. The van der Waals surface area contributed by atoms with Gasteiger partial charge in [-0.05, 0) is 41.0 Å². The van der Waals surface area contributed by atoms with Gasteiger partial charge in [0, 0.05) is 23.8 Å². The Kier molecular flexibility index (Phi) is 6.46. The Morgan fingerprint density at radius 2 is 1.89 bits per heavy atom. The van der Waals surface area contributed by atoms with Gasteiger partial charge in [0.25, 0.3) is 5.56 Å². The second kappa shape index (κ2) is 10.0. The first kappa shape index (κ1) is 23.9. The summed E-state index contributed by atoms with van der Waals surface area (Å²) in [6.45, 7) is -0.257. The van der Waals surface area contributed by atoms with Gasteiger partial charge >= 0.3 is 12.0 Å². The number of nitrogens with one attached hydrogen (secondary N) is 3. The highest BCUT2D eigenvalue weighted by Crippen LogP contribution is 2.33. The van der Waals surface area contributed by atoms with Gasteiger partial charge in [-0.25, -0.2) is 19.3 Å². The lowest BCUT2D eigenvalue weighted by molar-refractivity contribution is -0.139. The molecule has 2 amide bonds. The van der Waals surface area contributed by atoms with Crippen LogP contribution < -0.4 is 16.2 Å². The number of H-pyrrole nitrogens is 1. The van der Waals surface area contributed by atoms with Crippen LogP contribution in [0.2, 0.25) is 0 Å². The molecule has 1 aromatic heterocycles. The fourth-order valence-corrected chi connectivity index (χ4v) is 4.23. The number of nitrogens with zero attached hydrogens (tertiary/aromatic N) is 2. The maximum absolute atomic E-state index is 14.9. The lowest BCUT2D eigenvalue weighted by Gasteiger charge is -2.09. The second-order valence-electron chi connectivity index (χ2n) is 8.50. The summed E-state index contributed by atoms with van der Waals surface area (Å²) in [5.41, 5.74) is 3.81. The number of carbonyl (C=O) groups excluding carboxylic acids is 2. The predicted octanol–water partition coefficient (Wildman–Crippen LogP) is 3.38. The van der Waals surface area contributed by atoms with Gasteiger partial charge in [-0.1, -0.05) is 36.4 Å². The van der Waals surface area contributed by atoms with E-state index in [2.05, 4.69) is 30.6 Å². The summed E-state index contributed by atoms with van der Waals surface area (Å²) < 4.78 is 19.4. The van der Waals surface area contributed by atoms with E-state index in [1.54, 1.807) is 30.3 Å². The lowest BCUT2D eigenvalue weighted by Crippen LogP contribution is -2.41. The molecule has 0 radical (unpaired) electrons. The summed E-state index contributed by atoms with van der Waals surface area (Å²) in [5.74, 6) is -0.532. The number of ether oxygens (including phenoxy) is 1. The molecule has 5 rings (SSSR count). The number of esters is 1. The molecule has 186 valence electrons. The van der Waals surface area contributed by atoms with Crippen LogP contribution in [0.4, 0.5) is 14.9 Å². The number of benzene rings is 3. The molecule has 3 aromatic carbocycles. The van der Waals surface area contributed by atoms with E-state index in [1.165, 1.54) is 13.2 Å². The monoisotopic (exact) mass is 499 g/mol. The molecule has 1 aliphatic heterocycles. The van der Waals surface area contributed by atoms with Crippen molar-refractivity contribution in [2.24, 2.45) is 4.99 Å². The summed E-state index contributed by atoms with van der Waals surface area (Å²) in [6, 6.07) is 17.0. The number of methoxy groups -OCH3 is 1. The normalized spacial score (nSPS) is 12.1. The minimum absolute atomic E-state index is 0.257. The lowest BCUT2D eigenvalue weighted by atomic mass is 9.97. The maximum Gasteiger partial charge on any atom is 0.325 e. The van der Waals surface area contributed by atoms with E-state index in [0.29, 0.717) is 46.6 Å². The van der Waals surface area contributed by atoms with Gasteiger partial charge in [0.1, 0.15) is 18.2 Å². The minimum Gasteiger partial charge on any atom is -0.468 e. The molecule has 0 atom stereocenters. The molecule has 0 aliphatic carbocycles. The zero-order chi connectivity index (χ0) is 25.9. The van der Waals surface area contributed by atoms with E-state index in [9.17, 15) is 18.8 Å².